The Morgan fingerprint density at radius 1 is 0.957 bits per heavy atom. The zero-order chi connectivity index (χ0) is 16.2. The molecular weight excluding hydrogens is 315 g/mol. The average molecular weight is 329 g/mol. The van der Waals surface area contributed by atoms with Crippen LogP contribution in [0.25, 0.3) is 0 Å². The van der Waals surface area contributed by atoms with Crippen LogP contribution in [0.4, 0.5) is 27.4 Å². The van der Waals surface area contributed by atoms with Crippen LogP contribution in [0.3, 0.4) is 0 Å². The molecule has 0 aliphatic heterocycles. The normalized spacial score (nSPS) is 10.4. The van der Waals surface area contributed by atoms with Gasteiger partial charge in [0.2, 0.25) is 0 Å². The summed E-state index contributed by atoms with van der Waals surface area (Å²) in [5.41, 5.74) is 2.17. The van der Waals surface area contributed by atoms with Gasteiger partial charge in [-0.2, -0.15) is 0 Å². The van der Waals surface area contributed by atoms with Gasteiger partial charge in [0.05, 0.1) is 5.69 Å². The first kappa shape index (κ1) is 15.2. The van der Waals surface area contributed by atoms with Crippen molar-refractivity contribution < 1.29 is 4.39 Å². The van der Waals surface area contributed by atoms with Gasteiger partial charge in [-0.1, -0.05) is 29.8 Å². The molecule has 0 bridgehead atoms. The SMILES string of the molecule is Cc1ccc(Nc2cc(Nc3ccccc3F)ncn2)cc1Cl. The zero-order valence-electron chi connectivity index (χ0n) is 12.3. The van der Waals surface area contributed by atoms with E-state index in [2.05, 4.69) is 20.6 Å². The fraction of sp³-hybridized carbons (Fsp3) is 0.0588. The van der Waals surface area contributed by atoms with E-state index in [1.165, 1.54) is 12.4 Å². The van der Waals surface area contributed by atoms with Crippen molar-refractivity contribution in [2.75, 3.05) is 10.6 Å². The topological polar surface area (TPSA) is 49.8 Å². The van der Waals surface area contributed by atoms with Crippen molar-refractivity contribution in [3.05, 3.63) is 71.3 Å². The third-order valence-electron chi connectivity index (χ3n) is 3.25. The predicted octanol–water partition coefficient (Wildman–Crippen LogP) is 5.06. The Kier molecular flexibility index (Phi) is 4.39. The number of halogens is 2. The number of anilines is 4. The zero-order valence-corrected chi connectivity index (χ0v) is 13.1. The molecule has 3 rings (SSSR count). The number of benzene rings is 2. The van der Waals surface area contributed by atoms with E-state index >= 15 is 0 Å². The van der Waals surface area contributed by atoms with Gasteiger partial charge in [0.1, 0.15) is 23.8 Å². The Hall–Kier alpha value is -2.66. The molecule has 6 heteroatoms. The van der Waals surface area contributed by atoms with Gasteiger partial charge in [0, 0.05) is 16.8 Å². The van der Waals surface area contributed by atoms with Crippen LogP contribution in [0, 0.1) is 12.7 Å². The molecule has 23 heavy (non-hydrogen) atoms. The van der Waals surface area contributed by atoms with E-state index in [4.69, 9.17) is 11.6 Å². The van der Waals surface area contributed by atoms with Gasteiger partial charge in [-0.3, -0.25) is 0 Å². The largest absolute Gasteiger partial charge is 0.340 e. The maximum atomic E-state index is 13.7. The van der Waals surface area contributed by atoms with Crippen LogP contribution in [-0.2, 0) is 0 Å². The minimum absolute atomic E-state index is 0.342. The number of hydrogen-bond donors (Lipinski definition) is 2. The highest BCUT2D eigenvalue weighted by molar-refractivity contribution is 6.31. The summed E-state index contributed by atoms with van der Waals surface area (Å²) in [6.07, 6.45) is 1.40. The van der Waals surface area contributed by atoms with Crippen LogP contribution in [0.5, 0.6) is 0 Å². The van der Waals surface area contributed by atoms with Crippen LogP contribution in [0.2, 0.25) is 5.02 Å². The fourth-order valence-electron chi connectivity index (χ4n) is 2.01. The highest BCUT2D eigenvalue weighted by atomic mass is 35.5. The van der Waals surface area contributed by atoms with Crippen LogP contribution in [0.15, 0.2) is 54.9 Å². The van der Waals surface area contributed by atoms with Gasteiger partial charge in [-0.15, -0.1) is 0 Å². The molecular formula is C17H14ClFN4. The van der Waals surface area contributed by atoms with Gasteiger partial charge in [0.15, 0.2) is 0 Å². The Balaban J connectivity index is 1.79. The molecule has 0 amide bonds. The number of aryl methyl sites for hydroxylation is 1. The Labute approximate surface area is 138 Å². The first-order valence-corrected chi connectivity index (χ1v) is 7.36. The molecule has 1 aromatic heterocycles. The summed E-state index contributed by atoms with van der Waals surface area (Å²) >= 11 is 6.11. The minimum Gasteiger partial charge on any atom is -0.340 e. The van der Waals surface area contributed by atoms with Crippen LogP contribution >= 0.6 is 11.6 Å². The molecule has 0 aliphatic rings. The van der Waals surface area contributed by atoms with Crippen LogP contribution < -0.4 is 10.6 Å². The van der Waals surface area contributed by atoms with Crippen molar-refractivity contribution in [2.24, 2.45) is 0 Å². The van der Waals surface area contributed by atoms with Gasteiger partial charge < -0.3 is 10.6 Å². The van der Waals surface area contributed by atoms with Gasteiger partial charge in [-0.05, 0) is 36.8 Å². The molecule has 2 aromatic carbocycles. The van der Waals surface area contributed by atoms with E-state index in [9.17, 15) is 4.39 Å². The first-order valence-electron chi connectivity index (χ1n) is 6.98. The number of rotatable bonds is 4. The van der Waals surface area contributed by atoms with Crippen molar-refractivity contribution in [1.29, 1.82) is 0 Å². The van der Waals surface area contributed by atoms with Crippen molar-refractivity contribution >= 4 is 34.6 Å². The number of nitrogens with zero attached hydrogens (tertiary/aromatic N) is 2. The van der Waals surface area contributed by atoms with Crippen molar-refractivity contribution in [3.63, 3.8) is 0 Å². The fourth-order valence-corrected chi connectivity index (χ4v) is 2.19. The first-order chi connectivity index (χ1) is 11.1. The molecule has 0 saturated carbocycles. The summed E-state index contributed by atoms with van der Waals surface area (Å²) in [6, 6.07) is 13.8. The van der Waals surface area contributed by atoms with Gasteiger partial charge in [0.25, 0.3) is 0 Å². The highest BCUT2D eigenvalue weighted by Crippen LogP contribution is 2.24. The summed E-state index contributed by atoms with van der Waals surface area (Å²) in [4.78, 5) is 8.25. The second-order valence-electron chi connectivity index (χ2n) is 4.98. The molecule has 0 unspecified atom stereocenters. The third kappa shape index (κ3) is 3.76. The molecule has 0 saturated heterocycles. The van der Waals surface area contributed by atoms with E-state index in [1.54, 1.807) is 24.3 Å². The second kappa shape index (κ2) is 6.62. The van der Waals surface area contributed by atoms with Crippen molar-refractivity contribution in [1.82, 2.24) is 9.97 Å². The molecule has 116 valence electrons. The Morgan fingerprint density at radius 3 is 2.43 bits per heavy atom. The molecule has 3 aromatic rings. The molecule has 0 fully saturated rings. The quantitative estimate of drug-likeness (QED) is 0.702. The monoisotopic (exact) mass is 328 g/mol. The number of para-hydroxylation sites is 1. The van der Waals surface area contributed by atoms with E-state index in [-0.39, 0.29) is 5.82 Å². The van der Waals surface area contributed by atoms with Crippen LogP contribution in [0.1, 0.15) is 5.56 Å². The Bertz CT molecular complexity index is 838. The molecule has 4 nitrogen and oxygen atoms in total. The smallest absolute Gasteiger partial charge is 0.146 e. The van der Waals surface area contributed by atoms with Gasteiger partial charge >= 0.3 is 0 Å². The third-order valence-corrected chi connectivity index (χ3v) is 3.66. The molecule has 0 spiro atoms. The lowest BCUT2D eigenvalue weighted by molar-refractivity contribution is 0.632. The molecule has 0 aliphatic carbocycles. The maximum absolute atomic E-state index is 13.7. The molecule has 1 heterocycles. The lowest BCUT2D eigenvalue weighted by atomic mass is 10.2. The predicted molar refractivity (Wildman–Crippen MR) is 91.2 cm³/mol. The average Bonchev–Trinajstić information content (AvgIpc) is 2.54. The summed E-state index contributed by atoms with van der Waals surface area (Å²) in [5, 5.41) is 6.74. The van der Waals surface area contributed by atoms with E-state index in [0.717, 1.165) is 11.3 Å². The van der Waals surface area contributed by atoms with Gasteiger partial charge in [-0.25, -0.2) is 14.4 Å². The van der Waals surface area contributed by atoms with Crippen molar-refractivity contribution in [2.45, 2.75) is 6.92 Å². The molecule has 0 atom stereocenters. The Morgan fingerprint density at radius 2 is 1.70 bits per heavy atom. The van der Waals surface area contributed by atoms with E-state index < -0.39 is 0 Å². The van der Waals surface area contributed by atoms with E-state index in [0.29, 0.717) is 22.3 Å². The lowest BCUT2D eigenvalue weighted by Crippen LogP contribution is -1.99. The maximum Gasteiger partial charge on any atom is 0.146 e. The highest BCUT2D eigenvalue weighted by Gasteiger charge is 2.04. The molecule has 0 radical (unpaired) electrons. The minimum atomic E-state index is -0.342. The standard InChI is InChI=1S/C17H14ClFN4/c1-11-6-7-12(8-13(11)18)22-16-9-17(21-10-20-16)23-15-5-3-2-4-14(15)19/h2-10H,1H3,(H2,20,21,22,23). The number of aromatic nitrogens is 2. The van der Waals surface area contributed by atoms with Crippen LogP contribution in [-0.4, -0.2) is 9.97 Å². The summed E-state index contributed by atoms with van der Waals surface area (Å²) in [6.45, 7) is 1.94. The molecule has 2 N–H and O–H groups in total. The summed E-state index contributed by atoms with van der Waals surface area (Å²) in [5.74, 6) is 0.732. The van der Waals surface area contributed by atoms with Crippen molar-refractivity contribution in [3.8, 4) is 0 Å². The second-order valence-corrected chi connectivity index (χ2v) is 5.39. The summed E-state index contributed by atoms with van der Waals surface area (Å²) in [7, 11) is 0. The number of nitrogens with one attached hydrogen (secondary N) is 2. The number of hydrogen-bond acceptors (Lipinski definition) is 4. The van der Waals surface area contributed by atoms with E-state index in [1.807, 2.05) is 25.1 Å². The lowest BCUT2D eigenvalue weighted by Gasteiger charge is -2.10. The summed E-state index contributed by atoms with van der Waals surface area (Å²) < 4.78 is 13.7.